The van der Waals surface area contributed by atoms with Gasteiger partial charge in [0.15, 0.2) is 0 Å². The SMILES string of the molecule is NC(=O)CN(Cc1ccc(N)cc1Br)C1CCCC1. The van der Waals surface area contributed by atoms with Crippen molar-refractivity contribution < 1.29 is 4.79 Å². The molecular formula is C14H20BrN3O. The Morgan fingerprint density at radius 2 is 2.05 bits per heavy atom. The van der Waals surface area contributed by atoms with E-state index in [1.165, 1.54) is 12.8 Å². The van der Waals surface area contributed by atoms with Crippen LogP contribution in [0.5, 0.6) is 0 Å². The Bertz CT molecular complexity index is 458. The lowest BCUT2D eigenvalue weighted by Gasteiger charge is -2.28. The quantitative estimate of drug-likeness (QED) is 0.815. The molecule has 4 nitrogen and oxygen atoms in total. The van der Waals surface area contributed by atoms with Gasteiger partial charge in [0, 0.05) is 22.7 Å². The van der Waals surface area contributed by atoms with Gasteiger partial charge in [-0.25, -0.2) is 0 Å². The third kappa shape index (κ3) is 3.94. The van der Waals surface area contributed by atoms with Crippen LogP contribution in [0.1, 0.15) is 31.2 Å². The smallest absolute Gasteiger partial charge is 0.231 e. The molecule has 1 saturated carbocycles. The molecule has 1 aliphatic rings. The lowest BCUT2D eigenvalue weighted by Crippen LogP contribution is -2.39. The van der Waals surface area contributed by atoms with Crippen molar-refractivity contribution in [3.8, 4) is 0 Å². The second-order valence-corrected chi connectivity index (χ2v) is 6.01. The summed E-state index contributed by atoms with van der Waals surface area (Å²) in [7, 11) is 0. The summed E-state index contributed by atoms with van der Waals surface area (Å²) in [6.07, 6.45) is 4.78. The Labute approximate surface area is 122 Å². The number of primary amides is 1. The zero-order valence-electron chi connectivity index (χ0n) is 10.9. The summed E-state index contributed by atoms with van der Waals surface area (Å²) in [6, 6.07) is 6.25. The van der Waals surface area contributed by atoms with Crippen LogP contribution >= 0.6 is 15.9 Å². The molecule has 5 heteroatoms. The van der Waals surface area contributed by atoms with Crippen molar-refractivity contribution in [1.82, 2.24) is 4.90 Å². The van der Waals surface area contributed by atoms with Crippen LogP contribution in [0.2, 0.25) is 0 Å². The lowest BCUT2D eigenvalue weighted by molar-refractivity contribution is -0.119. The maximum Gasteiger partial charge on any atom is 0.231 e. The van der Waals surface area contributed by atoms with Crippen LogP contribution in [-0.2, 0) is 11.3 Å². The molecule has 1 aliphatic carbocycles. The first-order valence-corrected chi connectivity index (χ1v) is 7.42. The molecule has 0 aliphatic heterocycles. The predicted molar refractivity (Wildman–Crippen MR) is 80.4 cm³/mol. The third-order valence-corrected chi connectivity index (χ3v) is 4.39. The van der Waals surface area contributed by atoms with E-state index in [4.69, 9.17) is 11.5 Å². The number of amides is 1. The molecule has 0 aromatic heterocycles. The summed E-state index contributed by atoms with van der Waals surface area (Å²) in [4.78, 5) is 13.4. The van der Waals surface area contributed by atoms with Crippen LogP contribution in [0.25, 0.3) is 0 Å². The monoisotopic (exact) mass is 325 g/mol. The summed E-state index contributed by atoms with van der Waals surface area (Å²) >= 11 is 3.53. The molecule has 0 spiro atoms. The molecule has 104 valence electrons. The van der Waals surface area contributed by atoms with E-state index in [-0.39, 0.29) is 5.91 Å². The lowest BCUT2D eigenvalue weighted by atomic mass is 10.1. The number of nitrogens with two attached hydrogens (primary N) is 2. The predicted octanol–water partition coefficient (Wildman–Crippen LogP) is 2.26. The zero-order valence-corrected chi connectivity index (χ0v) is 12.5. The summed E-state index contributed by atoms with van der Waals surface area (Å²) in [5.41, 5.74) is 13.0. The number of nitrogens with zero attached hydrogens (tertiary/aromatic N) is 1. The molecule has 0 heterocycles. The van der Waals surface area contributed by atoms with Gasteiger partial charge in [-0.2, -0.15) is 0 Å². The summed E-state index contributed by atoms with van der Waals surface area (Å²) in [5.74, 6) is -0.265. The number of nitrogen functional groups attached to an aromatic ring is 1. The Morgan fingerprint density at radius 3 is 2.63 bits per heavy atom. The average molecular weight is 326 g/mol. The van der Waals surface area contributed by atoms with Crippen LogP contribution in [-0.4, -0.2) is 23.4 Å². The minimum absolute atomic E-state index is 0.265. The molecule has 0 atom stereocenters. The summed E-state index contributed by atoms with van der Waals surface area (Å²) in [5, 5.41) is 0. The number of carbonyl (C=O) groups excluding carboxylic acids is 1. The molecule has 0 saturated heterocycles. The van der Waals surface area contributed by atoms with E-state index in [2.05, 4.69) is 20.8 Å². The Hall–Kier alpha value is -1.07. The number of rotatable bonds is 5. The molecule has 0 unspecified atom stereocenters. The van der Waals surface area contributed by atoms with Gasteiger partial charge in [0.2, 0.25) is 5.91 Å². The highest BCUT2D eigenvalue weighted by molar-refractivity contribution is 9.10. The van der Waals surface area contributed by atoms with Gasteiger partial charge in [-0.15, -0.1) is 0 Å². The van der Waals surface area contributed by atoms with Gasteiger partial charge >= 0.3 is 0 Å². The Kier molecular flexibility index (Phi) is 4.82. The van der Waals surface area contributed by atoms with Crippen LogP contribution in [0.4, 0.5) is 5.69 Å². The van der Waals surface area contributed by atoms with Crippen molar-refractivity contribution in [1.29, 1.82) is 0 Å². The number of anilines is 1. The van der Waals surface area contributed by atoms with Gasteiger partial charge < -0.3 is 11.5 Å². The van der Waals surface area contributed by atoms with E-state index >= 15 is 0 Å². The van der Waals surface area contributed by atoms with Crippen molar-refractivity contribution in [2.24, 2.45) is 5.73 Å². The minimum atomic E-state index is -0.265. The first-order chi connectivity index (χ1) is 9.06. The molecule has 1 amide bonds. The van der Waals surface area contributed by atoms with Gasteiger partial charge in [-0.3, -0.25) is 9.69 Å². The van der Waals surface area contributed by atoms with E-state index < -0.39 is 0 Å². The second kappa shape index (κ2) is 6.39. The molecule has 1 aromatic rings. The number of carbonyl (C=O) groups is 1. The maximum absolute atomic E-state index is 11.2. The number of benzene rings is 1. The van der Waals surface area contributed by atoms with E-state index in [0.29, 0.717) is 12.6 Å². The van der Waals surface area contributed by atoms with Crippen molar-refractivity contribution in [2.75, 3.05) is 12.3 Å². The van der Waals surface area contributed by atoms with Crippen molar-refractivity contribution in [3.63, 3.8) is 0 Å². The molecule has 19 heavy (non-hydrogen) atoms. The number of halogens is 1. The largest absolute Gasteiger partial charge is 0.399 e. The average Bonchev–Trinajstić information content (AvgIpc) is 2.84. The first-order valence-electron chi connectivity index (χ1n) is 6.62. The van der Waals surface area contributed by atoms with Crippen molar-refractivity contribution >= 4 is 27.5 Å². The fraction of sp³-hybridized carbons (Fsp3) is 0.500. The van der Waals surface area contributed by atoms with Crippen LogP contribution < -0.4 is 11.5 Å². The summed E-state index contributed by atoms with van der Waals surface area (Å²) in [6.45, 7) is 1.05. The first kappa shape index (κ1) is 14.3. The number of hydrogen-bond acceptors (Lipinski definition) is 3. The van der Waals surface area contributed by atoms with Crippen LogP contribution in [0.15, 0.2) is 22.7 Å². The molecule has 1 fully saturated rings. The number of hydrogen-bond donors (Lipinski definition) is 2. The highest BCUT2D eigenvalue weighted by Gasteiger charge is 2.24. The summed E-state index contributed by atoms with van der Waals surface area (Å²) < 4.78 is 0.986. The van der Waals surface area contributed by atoms with Gasteiger partial charge in [-0.05, 0) is 30.5 Å². The zero-order chi connectivity index (χ0) is 13.8. The fourth-order valence-corrected chi connectivity index (χ4v) is 3.22. The van der Waals surface area contributed by atoms with Gasteiger partial charge in [0.05, 0.1) is 6.54 Å². The maximum atomic E-state index is 11.2. The molecule has 0 radical (unpaired) electrons. The van der Waals surface area contributed by atoms with E-state index in [0.717, 1.165) is 35.1 Å². The normalized spacial score (nSPS) is 16.1. The highest BCUT2D eigenvalue weighted by Crippen LogP contribution is 2.27. The fourth-order valence-electron chi connectivity index (χ4n) is 2.69. The standard InChI is InChI=1S/C14H20BrN3O/c15-13-7-11(16)6-5-10(13)8-18(9-14(17)19)12-3-1-2-4-12/h5-7,12H,1-4,8-9,16H2,(H2,17,19). The molecule has 4 N–H and O–H groups in total. The van der Waals surface area contributed by atoms with Crippen LogP contribution in [0.3, 0.4) is 0 Å². The molecular weight excluding hydrogens is 306 g/mol. The second-order valence-electron chi connectivity index (χ2n) is 5.16. The topological polar surface area (TPSA) is 72.4 Å². The third-order valence-electron chi connectivity index (χ3n) is 3.65. The van der Waals surface area contributed by atoms with Gasteiger partial charge in [0.25, 0.3) is 0 Å². The molecule has 0 bridgehead atoms. The molecule has 1 aromatic carbocycles. The van der Waals surface area contributed by atoms with E-state index in [1.54, 1.807) is 0 Å². The Balaban J connectivity index is 2.12. The van der Waals surface area contributed by atoms with Crippen LogP contribution in [0, 0.1) is 0 Å². The van der Waals surface area contributed by atoms with E-state index in [9.17, 15) is 4.79 Å². The minimum Gasteiger partial charge on any atom is -0.399 e. The van der Waals surface area contributed by atoms with E-state index in [1.807, 2.05) is 18.2 Å². The van der Waals surface area contributed by atoms with Crippen molar-refractivity contribution in [2.45, 2.75) is 38.3 Å². The van der Waals surface area contributed by atoms with Gasteiger partial charge in [-0.1, -0.05) is 34.8 Å². The molecule has 2 rings (SSSR count). The van der Waals surface area contributed by atoms with Gasteiger partial charge in [0.1, 0.15) is 0 Å². The highest BCUT2D eigenvalue weighted by atomic mass is 79.9. The Morgan fingerprint density at radius 1 is 1.37 bits per heavy atom. The van der Waals surface area contributed by atoms with Crippen molar-refractivity contribution in [3.05, 3.63) is 28.2 Å².